The molecule has 1 aromatic carbocycles. The van der Waals surface area contributed by atoms with Gasteiger partial charge in [-0.25, -0.2) is 0 Å². The van der Waals surface area contributed by atoms with E-state index in [2.05, 4.69) is 27.3 Å². The third kappa shape index (κ3) is 3.03. The van der Waals surface area contributed by atoms with Gasteiger partial charge in [0.05, 0.1) is 6.54 Å². The van der Waals surface area contributed by atoms with Crippen molar-refractivity contribution in [3.8, 4) is 0 Å². The van der Waals surface area contributed by atoms with Crippen LogP contribution in [0.15, 0.2) is 45.9 Å². The van der Waals surface area contributed by atoms with Crippen molar-refractivity contribution in [1.29, 1.82) is 0 Å². The average molecular weight is 378 g/mol. The number of nitrogens with one attached hydrogen (secondary N) is 1. The van der Waals surface area contributed by atoms with Crippen LogP contribution >= 0.6 is 22.6 Å². The van der Waals surface area contributed by atoms with Crippen molar-refractivity contribution in [2.45, 2.75) is 11.6 Å². The van der Waals surface area contributed by atoms with E-state index >= 15 is 0 Å². The maximum absolute atomic E-state index is 12.0. The number of benzene rings is 1. The number of rotatable bonds is 4. The summed E-state index contributed by atoms with van der Waals surface area (Å²) in [5, 5.41) is -0.137. The van der Waals surface area contributed by atoms with Gasteiger partial charge in [-0.2, -0.15) is 8.42 Å². The fourth-order valence-electron chi connectivity index (χ4n) is 1.37. The molecule has 0 saturated heterocycles. The SMILES string of the molecule is NCc1ccc(S(=O)(=O)Nc2cccc(I)c2)o1. The zero-order chi connectivity index (χ0) is 13.2. The number of sulfonamides is 1. The highest BCUT2D eigenvalue weighted by Gasteiger charge is 2.18. The lowest BCUT2D eigenvalue weighted by Gasteiger charge is -2.05. The summed E-state index contributed by atoms with van der Waals surface area (Å²) in [6, 6.07) is 9.98. The Balaban J connectivity index is 2.27. The summed E-state index contributed by atoms with van der Waals surface area (Å²) in [5.74, 6) is 0.429. The van der Waals surface area contributed by atoms with Gasteiger partial charge in [0.25, 0.3) is 10.0 Å². The molecule has 0 amide bonds. The van der Waals surface area contributed by atoms with Crippen molar-refractivity contribution in [2.24, 2.45) is 5.73 Å². The summed E-state index contributed by atoms with van der Waals surface area (Å²) in [6.45, 7) is 0.165. The van der Waals surface area contributed by atoms with Crippen molar-refractivity contribution < 1.29 is 12.8 Å². The average Bonchev–Trinajstić information content (AvgIpc) is 2.77. The summed E-state index contributed by atoms with van der Waals surface area (Å²) in [6.07, 6.45) is 0. The van der Waals surface area contributed by atoms with E-state index in [9.17, 15) is 8.42 Å². The monoisotopic (exact) mass is 378 g/mol. The molecule has 0 fully saturated rings. The minimum absolute atomic E-state index is 0.137. The zero-order valence-corrected chi connectivity index (χ0v) is 12.2. The van der Waals surface area contributed by atoms with Gasteiger partial charge in [0.2, 0.25) is 5.09 Å². The lowest BCUT2D eigenvalue weighted by molar-refractivity contribution is 0.417. The molecule has 0 radical (unpaired) electrons. The summed E-state index contributed by atoms with van der Waals surface area (Å²) in [4.78, 5) is 0. The van der Waals surface area contributed by atoms with Crippen LogP contribution in [-0.4, -0.2) is 8.42 Å². The Kier molecular flexibility index (Phi) is 3.93. The number of halogens is 1. The topological polar surface area (TPSA) is 85.3 Å². The molecule has 2 aromatic rings. The van der Waals surface area contributed by atoms with E-state index in [1.807, 2.05) is 6.07 Å². The van der Waals surface area contributed by atoms with Gasteiger partial charge in [0.1, 0.15) is 5.76 Å². The molecule has 7 heteroatoms. The summed E-state index contributed by atoms with van der Waals surface area (Å²) in [5.41, 5.74) is 5.86. The van der Waals surface area contributed by atoms with E-state index in [4.69, 9.17) is 10.2 Å². The summed E-state index contributed by atoms with van der Waals surface area (Å²) < 4.78 is 32.5. The molecule has 0 aliphatic carbocycles. The molecule has 96 valence electrons. The maximum Gasteiger partial charge on any atom is 0.295 e. The molecule has 0 unspecified atom stereocenters. The third-order valence-corrected chi connectivity index (χ3v) is 4.10. The Hall–Kier alpha value is -1.06. The molecule has 0 atom stereocenters. The predicted octanol–water partition coefficient (Wildman–Crippen LogP) is 2.14. The zero-order valence-electron chi connectivity index (χ0n) is 9.26. The van der Waals surface area contributed by atoms with Gasteiger partial charge in [-0.3, -0.25) is 4.72 Å². The Morgan fingerprint density at radius 3 is 2.67 bits per heavy atom. The minimum atomic E-state index is -3.69. The summed E-state index contributed by atoms with van der Waals surface area (Å²) >= 11 is 2.11. The highest BCUT2D eigenvalue weighted by Crippen LogP contribution is 2.19. The van der Waals surface area contributed by atoms with Crippen molar-refractivity contribution in [3.63, 3.8) is 0 Å². The molecule has 3 N–H and O–H groups in total. The van der Waals surface area contributed by atoms with Gasteiger partial charge in [0.15, 0.2) is 0 Å². The first kappa shape index (κ1) is 13.4. The molecule has 5 nitrogen and oxygen atoms in total. The van der Waals surface area contributed by atoms with Crippen molar-refractivity contribution in [1.82, 2.24) is 0 Å². The van der Waals surface area contributed by atoms with Crippen LogP contribution in [-0.2, 0) is 16.6 Å². The van der Waals surface area contributed by atoms with E-state index in [0.717, 1.165) is 3.57 Å². The van der Waals surface area contributed by atoms with Crippen molar-refractivity contribution in [3.05, 3.63) is 45.7 Å². The van der Waals surface area contributed by atoms with E-state index in [1.54, 1.807) is 24.3 Å². The van der Waals surface area contributed by atoms with Crippen LogP contribution < -0.4 is 10.5 Å². The number of furan rings is 1. The van der Waals surface area contributed by atoms with E-state index in [0.29, 0.717) is 11.4 Å². The van der Waals surface area contributed by atoms with Gasteiger partial charge < -0.3 is 10.2 Å². The van der Waals surface area contributed by atoms with Crippen molar-refractivity contribution in [2.75, 3.05) is 4.72 Å². The molecule has 18 heavy (non-hydrogen) atoms. The Bertz CT molecular complexity index is 652. The fourth-order valence-corrected chi connectivity index (χ4v) is 2.91. The highest BCUT2D eigenvalue weighted by atomic mass is 127. The van der Waals surface area contributed by atoms with Crippen LogP contribution in [0.25, 0.3) is 0 Å². The van der Waals surface area contributed by atoms with Gasteiger partial charge >= 0.3 is 0 Å². The van der Waals surface area contributed by atoms with Gasteiger partial charge in [0, 0.05) is 9.26 Å². The predicted molar refractivity (Wildman–Crippen MR) is 76.6 cm³/mol. The van der Waals surface area contributed by atoms with Crippen LogP contribution in [0.2, 0.25) is 0 Å². The van der Waals surface area contributed by atoms with Crippen LogP contribution in [0.4, 0.5) is 5.69 Å². The minimum Gasteiger partial charge on any atom is -0.446 e. The van der Waals surface area contributed by atoms with E-state index in [-0.39, 0.29) is 11.6 Å². The first-order valence-electron chi connectivity index (χ1n) is 5.08. The summed E-state index contributed by atoms with van der Waals surface area (Å²) in [7, 11) is -3.69. The molecule has 2 rings (SSSR count). The second kappa shape index (κ2) is 5.29. The second-order valence-corrected chi connectivity index (χ2v) is 6.40. The fraction of sp³-hybridized carbons (Fsp3) is 0.0909. The Morgan fingerprint density at radius 2 is 2.06 bits per heavy atom. The first-order valence-corrected chi connectivity index (χ1v) is 7.64. The maximum atomic E-state index is 12.0. The molecular formula is C11H11IN2O3S. The van der Waals surface area contributed by atoms with Crippen molar-refractivity contribution >= 4 is 38.3 Å². The normalized spacial score (nSPS) is 11.4. The molecule has 0 spiro atoms. The smallest absolute Gasteiger partial charge is 0.295 e. The quantitative estimate of drug-likeness (QED) is 0.799. The number of hydrogen-bond acceptors (Lipinski definition) is 4. The van der Waals surface area contributed by atoms with E-state index < -0.39 is 10.0 Å². The third-order valence-electron chi connectivity index (χ3n) is 2.18. The highest BCUT2D eigenvalue weighted by molar-refractivity contribution is 14.1. The molecule has 0 aliphatic rings. The number of hydrogen-bond donors (Lipinski definition) is 2. The Labute approximate surface area is 119 Å². The molecule has 1 aromatic heterocycles. The Morgan fingerprint density at radius 1 is 1.28 bits per heavy atom. The number of nitrogens with two attached hydrogens (primary N) is 1. The molecule has 0 saturated carbocycles. The lowest BCUT2D eigenvalue weighted by atomic mass is 10.3. The standard InChI is InChI=1S/C11H11IN2O3S/c12-8-2-1-3-9(6-8)14-18(15,16)11-5-4-10(7-13)17-11/h1-6,14H,7,13H2. The van der Waals surface area contributed by atoms with E-state index in [1.165, 1.54) is 6.07 Å². The van der Waals surface area contributed by atoms with Gasteiger partial charge in [-0.1, -0.05) is 6.07 Å². The van der Waals surface area contributed by atoms with Crippen LogP contribution in [0, 0.1) is 3.57 Å². The molecule has 0 aliphatic heterocycles. The lowest BCUT2D eigenvalue weighted by Crippen LogP contribution is -2.12. The molecule has 0 bridgehead atoms. The van der Waals surface area contributed by atoms with Gasteiger partial charge in [-0.15, -0.1) is 0 Å². The first-order chi connectivity index (χ1) is 8.51. The number of anilines is 1. The van der Waals surface area contributed by atoms with Gasteiger partial charge in [-0.05, 0) is 52.9 Å². The molecular weight excluding hydrogens is 367 g/mol. The van der Waals surface area contributed by atoms with Crippen LogP contribution in [0.1, 0.15) is 5.76 Å². The molecule has 1 heterocycles. The largest absolute Gasteiger partial charge is 0.446 e. The second-order valence-electron chi connectivity index (χ2n) is 3.54. The van der Waals surface area contributed by atoms with Crippen LogP contribution in [0.3, 0.4) is 0 Å². The van der Waals surface area contributed by atoms with Crippen LogP contribution in [0.5, 0.6) is 0 Å².